The van der Waals surface area contributed by atoms with Crippen LogP contribution in [0.5, 0.6) is 0 Å². The van der Waals surface area contributed by atoms with E-state index in [1.807, 2.05) is 34.7 Å². The maximum atomic E-state index is 12.3. The van der Waals surface area contributed by atoms with Gasteiger partial charge in [0, 0.05) is 29.7 Å². The fourth-order valence-electron chi connectivity index (χ4n) is 1.98. The molecule has 20 heavy (non-hydrogen) atoms. The molecule has 0 aliphatic carbocycles. The van der Waals surface area contributed by atoms with E-state index in [4.69, 9.17) is 0 Å². The molecule has 110 valence electrons. The van der Waals surface area contributed by atoms with Gasteiger partial charge in [-0.1, -0.05) is 0 Å². The van der Waals surface area contributed by atoms with Crippen LogP contribution < -0.4 is 4.72 Å². The van der Waals surface area contributed by atoms with Gasteiger partial charge < -0.3 is 0 Å². The van der Waals surface area contributed by atoms with E-state index in [1.54, 1.807) is 10.7 Å². The Morgan fingerprint density at radius 3 is 2.40 bits per heavy atom. The van der Waals surface area contributed by atoms with Crippen LogP contribution in [0.4, 0.5) is 0 Å². The highest BCUT2D eigenvalue weighted by atomic mass is 32.2. The van der Waals surface area contributed by atoms with E-state index in [0.29, 0.717) is 4.21 Å². The minimum Gasteiger partial charge on any atom is -0.272 e. The van der Waals surface area contributed by atoms with Crippen LogP contribution in [0, 0.1) is 27.7 Å². The van der Waals surface area contributed by atoms with Gasteiger partial charge in [-0.25, -0.2) is 13.1 Å². The number of aromatic nitrogens is 2. The largest absolute Gasteiger partial charge is 0.272 e. The smallest absolute Gasteiger partial charge is 0.250 e. The predicted molar refractivity (Wildman–Crippen MR) is 80.5 cm³/mol. The van der Waals surface area contributed by atoms with Crippen molar-refractivity contribution in [1.82, 2.24) is 14.5 Å². The molecule has 0 spiro atoms. The fourth-order valence-corrected chi connectivity index (χ4v) is 4.54. The van der Waals surface area contributed by atoms with Crippen molar-refractivity contribution in [3.8, 4) is 0 Å². The van der Waals surface area contributed by atoms with Crippen molar-refractivity contribution in [2.75, 3.05) is 0 Å². The van der Waals surface area contributed by atoms with E-state index in [0.717, 1.165) is 27.4 Å². The first-order chi connectivity index (χ1) is 9.22. The Bertz CT molecular complexity index is 722. The molecule has 2 rings (SSSR count). The highest BCUT2D eigenvalue weighted by molar-refractivity contribution is 7.91. The fraction of sp³-hybridized carbons (Fsp3) is 0.462. The molecule has 7 heteroatoms. The van der Waals surface area contributed by atoms with E-state index in [2.05, 4.69) is 9.82 Å². The molecule has 0 unspecified atom stereocenters. The lowest BCUT2D eigenvalue weighted by Gasteiger charge is -2.05. The van der Waals surface area contributed by atoms with Gasteiger partial charge in [0.05, 0.1) is 5.69 Å². The summed E-state index contributed by atoms with van der Waals surface area (Å²) in [5, 5.41) is 4.29. The van der Waals surface area contributed by atoms with Gasteiger partial charge in [0.15, 0.2) is 0 Å². The number of rotatable bonds is 4. The molecular weight excluding hydrogens is 294 g/mol. The molecule has 0 aliphatic rings. The molecule has 0 radical (unpaired) electrons. The summed E-state index contributed by atoms with van der Waals surface area (Å²) in [5.41, 5.74) is 3.76. The van der Waals surface area contributed by atoms with E-state index < -0.39 is 10.0 Å². The first kappa shape index (κ1) is 15.2. The van der Waals surface area contributed by atoms with Gasteiger partial charge >= 0.3 is 0 Å². The maximum Gasteiger partial charge on any atom is 0.250 e. The number of sulfonamides is 1. The van der Waals surface area contributed by atoms with Gasteiger partial charge in [-0.15, -0.1) is 11.3 Å². The second kappa shape index (κ2) is 5.31. The second-order valence-electron chi connectivity index (χ2n) is 4.90. The van der Waals surface area contributed by atoms with E-state index >= 15 is 0 Å². The molecular formula is C13H19N3O2S2. The van der Waals surface area contributed by atoms with Crippen molar-refractivity contribution in [2.24, 2.45) is 7.05 Å². The van der Waals surface area contributed by atoms with E-state index in [9.17, 15) is 8.42 Å². The van der Waals surface area contributed by atoms with Crippen LogP contribution in [-0.2, 0) is 23.6 Å². The standard InChI is InChI=1S/C13H19N3O2S2/c1-8-6-13(19-11(8)4)20(17,18)14-7-12-9(2)15-16(5)10(12)3/h6,14H,7H2,1-5H3. The SMILES string of the molecule is Cc1cc(S(=O)(=O)NCc2c(C)nn(C)c2C)sc1C. The molecule has 2 aromatic heterocycles. The third kappa shape index (κ3) is 2.79. The molecule has 0 saturated carbocycles. The number of thiophene rings is 1. The van der Waals surface area contributed by atoms with Crippen LogP contribution in [0.25, 0.3) is 0 Å². The maximum absolute atomic E-state index is 12.3. The number of nitrogens with zero attached hydrogens (tertiary/aromatic N) is 2. The zero-order chi connectivity index (χ0) is 15.1. The quantitative estimate of drug-likeness (QED) is 0.941. The summed E-state index contributed by atoms with van der Waals surface area (Å²) < 4.78 is 29.3. The first-order valence-electron chi connectivity index (χ1n) is 6.28. The van der Waals surface area contributed by atoms with Crippen molar-refractivity contribution < 1.29 is 8.42 Å². The second-order valence-corrected chi connectivity index (χ2v) is 8.15. The van der Waals surface area contributed by atoms with Crippen LogP contribution >= 0.6 is 11.3 Å². The summed E-state index contributed by atoms with van der Waals surface area (Å²) in [7, 11) is -1.60. The summed E-state index contributed by atoms with van der Waals surface area (Å²) in [6.45, 7) is 7.93. The lowest BCUT2D eigenvalue weighted by atomic mass is 10.2. The normalized spacial score (nSPS) is 12.1. The first-order valence-corrected chi connectivity index (χ1v) is 8.58. The Kier molecular flexibility index (Phi) is 4.04. The van der Waals surface area contributed by atoms with Crippen LogP contribution in [0.15, 0.2) is 10.3 Å². The molecule has 0 aliphatic heterocycles. The lowest BCUT2D eigenvalue weighted by Crippen LogP contribution is -2.23. The summed E-state index contributed by atoms with van der Waals surface area (Å²) in [6, 6.07) is 1.71. The zero-order valence-electron chi connectivity index (χ0n) is 12.3. The molecule has 2 aromatic rings. The van der Waals surface area contributed by atoms with E-state index in [1.165, 1.54) is 11.3 Å². The summed E-state index contributed by atoms with van der Waals surface area (Å²) in [6.07, 6.45) is 0. The van der Waals surface area contributed by atoms with Crippen LogP contribution in [0.3, 0.4) is 0 Å². The monoisotopic (exact) mass is 313 g/mol. The Labute approximate surface area is 123 Å². The van der Waals surface area contributed by atoms with Gasteiger partial charge in [0.2, 0.25) is 10.0 Å². The average Bonchev–Trinajstić information content (AvgIpc) is 2.80. The molecule has 0 fully saturated rings. The summed E-state index contributed by atoms with van der Waals surface area (Å²) >= 11 is 1.30. The minimum absolute atomic E-state index is 0.268. The molecule has 0 aromatic carbocycles. The Balaban J connectivity index is 2.21. The predicted octanol–water partition coefficient (Wildman–Crippen LogP) is 2.19. The summed E-state index contributed by atoms with van der Waals surface area (Å²) in [5.74, 6) is 0. The van der Waals surface area contributed by atoms with Gasteiger partial charge in [-0.3, -0.25) is 4.68 Å². The molecule has 0 bridgehead atoms. The van der Waals surface area contributed by atoms with Gasteiger partial charge in [-0.2, -0.15) is 5.10 Å². The Hall–Kier alpha value is -1.18. The van der Waals surface area contributed by atoms with Crippen molar-refractivity contribution in [2.45, 2.75) is 38.4 Å². The Morgan fingerprint density at radius 2 is 1.95 bits per heavy atom. The van der Waals surface area contributed by atoms with Crippen molar-refractivity contribution in [1.29, 1.82) is 0 Å². The number of hydrogen-bond acceptors (Lipinski definition) is 4. The third-order valence-electron chi connectivity index (χ3n) is 3.51. The zero-order valence-corrected chi connectivity index (χ0v) is 13.9. The van der Waals surface area contributed by atoms with Crippen LogP contribution in [-0.4, -0.2) is 18.2 Å². The van der Waals surface area contributed by atoms with E-state index in [-0.39, 0.29) is 6.54 Å². The molecule has 5 nitrogen and oxygen atoms in total. The molecule has 1 N–H and O–H groups in total. The number of hydrogen-bond donors (Lipinski definition) is 1. The highest BCUT2D eigenvalue weighted by Crippen LogP contribution is 2.25. The van der Waals surface area contributed by atoms with Crippen molar-refractivity contribution in [3.63, 3.8) is 0 Å². The molecule has 0 amide bonds. The highest BCUT2D eigenvalue weighted by Gasteiger charge is 2.19. The van der Waals surface area contributed by atoms with Gasteiger partial charge in [0.1, 0.15) is 4.21 Å². The third-order valence-corrected chi connectivity index (χ3v) is 6.53. The minimum atomic E-state index is -3.45. The average molecular weight is 313 g/mol. The number of aryl methyl sites for hydroxylation is 4. The topological polar surface area (TPSA) is 64.0 Å². The summed E-state index contributed by atoms with van der Waals surface area (Å²) in [4.78, 5) is 1.03. The van der Waals surface area contributed by atoms with Crippen LogP contribution in [0.1, 0.15) is 27.4 Å². The molecule has 0 saturated heterocycles. The lowest BCUT2D eigenvalue weighted by molar-refractivity contribution is 0.583. The molecule has 0 atom stereocenters. The van der Waals surface area contributed by atoms with Crippen LogP contribution in [0.2, 0.25) is 0 Å². The van der Waals surface area contributed by atoms with Crippen molar-refractivity contribution in [3.05, 3.63) is 33.5 Å². The van der Waals surface area contributed by atoms with Crippen molar-refractivity contribution >= 4 is 21.4 Å². The Morgan fingerprint density at radius 1 is 1.30 bits per heavy atom. The van der Waals surface area contributed by atoms with Gasteiger partial charge in [0.25, 0.3) is 0 Å². The number of nitrogens with one attached hydrogen (secondary N) is 1. The van der Waals surface area contributed by atoms with Gasteiger partial charge in [-0.05, 0) is 39.3 Å². The molecule has 2 heterocycles.